The summed E-state index contributed by atoms with van der Waals surface area (Å²) in [5.41, 5.74) is 0.118. The zero-order chi connectivity index (χ0) is 13.9. The Balaban J connectivity index is 2.04. The van der Waals surface area contributed by atoms with Gasteiger partial charge < -0.3 is 10.2 Å². The number of hydrogen-bond acceptors (Lipinski definition) is 5. The molecule has 1 aromatic carbocycles. The van der Waals surface area contributed by atoms with Crippen LogP contribution < -0.4 is 10.2 Å². The van der Waals surface area contributed by atoms with E-state index in [4.69, 9.17) is 0 Å². The number of hydrogen-bond donors (Lipinski definition) is 1. The van der Waals surface area contributed by atoms with Crippen molar-refractivity contribution in [1.82, 2.24) is 10.3 Å². The van der Waals surface area contributed by atoms with Crippen molar-refractivity contribution in [3.05, 3.63) is 40.6 Å². The highest BCUT2D eigenvalue weighted by molar-refractivity contribution is 5.93. The van der Waals surface area contributed by atoms with Gasteiger partial charge in [0, 0.05) is 43.4 Å². The van der Waals surface area contributed by atoms with E-state index in [1.807, 2.05) is 6.07 Å². The minimum Gasteiger partial charge on any atom is -0.355 e. The SMILES string of the molecule is O=[N+]([O-])c1ccc2c(N3CCCNCC3)nccc2c1. The molecule has 1 aliphatic rings. The van der Waals surface area contributed by atoms with Crippen LogP contribution in [0.15, 0.2) is 30.5 Å². The van der Waals surface area contributed by atoms with Crippen LogP contribution in [0.1, 0.15) is 6.42 Å². The van der Waals surface area contributed by atoms with Crippen LogP contribution in [-0.2, 0) is 0 Å². The number of nitrogens with zero attached hydrogens (tertiary/aromatic N) is 3. The van der Waals surface area contributed by atoms with Gasteiger partial charge >= 0.3 is 0 Å². The number of nitro benzene ring substituents is 1. The van der Waals surface area contributed by atoms with E-state index in [0.717, 1.165) is 49.2 Å². The summed E-state index contributed by atoms with van der Waals surface area (Å²) >= 11 is 0. The van der Waals surface area contributed by atoms with Crippen LogP contribution in [0.5, 0.6) is 0 Å². The van der Waals surface area contributed by atoms with E-state index in [-0.39, 0.29) is 10.6 Å². The Labute approximate surface area is 116 Å². The number of nitrogens with one attached hydrogen (secondary N) is 1. The summed E-state index contributed by atoms with van der Waals surface area (Å²) in [7, 11) is 0. The Bertz CT molecular complexity index is 636. The van der Waals surface area contributed by atoms with Crippen molar-refractivity contribution >= 4 is 22.3 Å². The van der Waals surface area contributed by atoms with E-state index < -0.39 is 0 Å². The van der Waals surface area contributed by atoms with Crippen molar-refractivity contribution in [2.75, 3.05) is 31.1 Å². The fourth-order valence-electron chi connectivity index (χ4n) is 2.57. The Hall–Kier alpha value is -2.21. The van der Waals surface area contributed by atoms with E-state index in [0.29, 0.717) is 0 Å². The van der Waals surface area contributed by atoms with Crippen molar-refractivity contribution in [3.63, 3.8) is 0 Å². The minimum absolute atomic E-state index is 0.118. The van der Waals surface area contributed by atoms with Crippen LogP contribution >= 0.6 is 0 Å². The van der Waals surface area contributed by atoms with E-state index in [2.05, 4.69) is 15.2 Å². The van der Waals surface area contributed by atoms with Crippen LogP contribution in [0.4, 0.5) is 11.5 Å². The number of aromatic nitrogens is 1. The van der Waals surface area contributed by atoms with Gasteiger partial charge in [-0.15, -0.1) is 0 Å². The fraction of sp³-hybridized carbons (Fsp3) is 0.357. The molecule has 1 aliphatic heterocycles. The molecular weight excluding hydrogens is 256 g/mol. The molecule has 0 spiro atoms. The molecule has 2 aromatic rings. The summed E-state index contributed by atoms with van der Waals surface area (Å²) in [6.07, 6.45) is 2.80. The average molecular weight is 272 g/mol. The Morgan fingerprint density at radius 2 is 2.15 bits per heavy atom. The molecule has 1 N–H and O–H groups in total. The molecule has 6 nitrogen and oxygen atoms in total. The van der Waals surface area contributed by atoms with Gasteiger partial charge in [0.1, 0.15) is 5.82 Å². The van der Waals surface area contributed by atoms with Gasteiger partial charge in [0.25, 0.3) is 5.69 Å². The largest absolute Gasteiger partial charge is 0.355 e. The molecule has 0 atom stereocenters. The van der Waals surface area contributed by atoms with E-state index in [1.165, 1.54) is 0 Å². The molecule has 0 radical (unpaired) electrons. The lowest BCUT2D eigenvalue weighted by atomic mass is 10.1. The summed E-state index contributed by atoms with van der Waals surface area (Å²) in [6, 6.07) is 6.77. The van der Waals surface area contributed by atoms with E-state index >= 15 is 0 Å². The number of nitro groups is 1. The molecule has 1 saturated heterocycles. The smallest absolute Gasteiger partial charge is 0.270 e. The van der Waals surface area contributed by atoms with E-state index in [9.17, 15) is 10.1 Å². The zero-order valence-corrected chi connectivity index (χ0v) is 11.1. The van der Waals surface area contributed by atoms with Crippen molar-refractivity contribution in [2.24, 2.45) is 0 Å². The first-order valence-electron chi connectivity index (χ1n) is 6.74. The molecule has 0 unspecified atom stereocenters. The second-order valence-electron chi connectivity index (χ2n) is 4.89. The molecular formula is C14H16N4O2. The topological polar surface area (TPSA) is 71.3 Å². The summed E-state index contributed by atoms with van der Waals surface area (Å²) in [5.74, 6) is 0.918. The summed E-state index contributed by atoms with van der Waals surface area (Å²) in [6.45, 7) is 3.82. The quantitative estimate of drug-likeness (QED) is 0.668. The normalized spacial score (nSPS) is 16.1. The van der Waals surface area contributed by atoms with Gasteiger partial charge in [-0.05, 0) is 30.5 Å². The third-order valence-corrected chi connectivity index (χ3v) is 3.58. The highest BCUT2D eigenvalue weighted by Crippen LogP contribution is 2.27. The lowest BCUT2D eigenvalue weighted by molar-refractivity contribution is -0.384. The molecule has 0 bridgehead atoms. The summed E-state index contributed by atoms with van der Waals surface area (Å²) in [5, 5.41) is 16.0. The first kappa shape index (κ1) is 12.8. The Kier molecular flexibility index (Phi) is 3.47. The van der Waals surface area contributed by atoms with Gasteiger partial charge in [-0.25, -0.2) is 4.98 Å². The predicted octanol–water partition coefficient (Wildman–Crippen LogP) is 1.94. The highest BCUT2D eigenvalue weighted by atomic mass is 16.6. The molecule has 0 saturated carbocycles. The van der Waals surface area contributed by atoms with Crippen LogP contribution in [-0.4, -0.2) is 36.1 Å². The number of benzene rings is 1. The minimum atomic E-state index is -0.366. The molecule has 2 heterocycles. The number of anilines is 1. The van der Waals surface area contributed by atoms with Gasteiger partial charge in [-0.3, -0.25) is 10.1 Å². The number of non-ortho nitro benzene ring substituents is 1. The lowest BCUT2D eigenvalue weighted by Crippen LogP contribution is -2.28. The number of fused-ring (bicyclic) bond motifs is 1. The first-order valence-corrected chi connectivity index (χ1v) is 6.74. The molecule has 104 valence electrons. The van der Waals surface area contributed by atoms with Crippen molar-refractivity contribution < 1.29 is 4.92 Å². The predicted molar refractivity (Wildman–Crippen MR) is 78.1 cm³/mol. The molecule has 1 aromatic heterocycles. The highest BCUT2D eigenvalue weighted by Gasteiger charge is 2.15. The van der Waals surface area contributed by atoms with Gasteiger partial charge in [-0.2, -0.15) is 0 Å². The molecule has 20 heavy (non-hydrogen) atoms. The van der Waals surface area contributed by atoms with Crippen LogP contribution in [0.2, 0.25) is 0 Å². The van der Waals surface area contributed by atoms with Crippen LogP contribution in [0.3, 0.4) is 0 Å². The number of pyridine rings is 1. The molecule has 0 aliphatic carbocycles. The van der Waals surface area contributed by atoms with E-state index in [1.54, 1.807) is 24.4 Å². The van der Waals surface area contributed by atoms with Gasteiger partial charge in [0.05, 0.1) is 4.92 Å². The summed E-state index contributed by atoms with van der Waals surface area (Å²) < 4.78 is 0. The standard InChI is InChI=1S/C14H16N4O2/c19-18(20)12-2-3-13-11(10-12)4-6-16-14(13)17-8-1-5-15-7-9-17/h2-4,6,10,15H,1,5,7-9H2. The molecule has 6 heteroatoms. The van der Waals surface area contributed by atoms with Gasteiger partial charge in [0.15, 0.2) is 0 Å². The van der Waals surface area contributed by atoms with Crippen LogP contribution in [0, 0.1) is 10.1 Å². The van der Waals surface area contributed by atoms with Gasteiger partial charge in [0.2, 0.25) is 0 Å². The van der Waals surface area contributed by atoms with Crippen molar-refractivity contribution in [3.8, 4) is 0 Å². The maximum atomic E-state index is 10.8. The molecule has 1 fully saturated rings. The number of rotatable bonds is 2. The second-order valence-corrected chi connectivity index (χ2v) is 4.89. The average Bonchev–Trinajstić information content (AvgIpc) is 2.75. The first-order chi connectivity index (χ1) is 9.75. The lowest BCUT2D eigenvalue weighted by Gasteiger charge is -2.22. The fourth-order valence-corrected chi connectivity index (χ4v) is 2.57. The zero-order valence-electron chi connectivity index (χ0n) is 11.1. The van der Waals surface area contributed by atoms with Crippen molar-refractivity contribution in [2.45, 2.75) is 6.42 Å². The second kappa shape index (κ2) is 5.42. The third kappa shape index (κ3) is 2.42. The van der Waals surface area contributed by atoms with Crippen LogP contribution in [0.25, 0.3) is 10.8 Å². The Morgan fingerprint density at radius 3 is 3.00 bits per heavy atom. The third-order valence-electron chi connectivity index (χ3n) is 3.58. The maximum Gasteiger partial charge on any atom is 0.270 e. The Morgan fingerprint density at radius 1 is 1.25 bits per heavy atom. The maximum absolute atomic E-state index is 10.8. The molecule has 3 rings (SSSR count). The van der Waals surface area contributed by atoms with Crippen molar-refractivity contribution in [1.29, 1.82) is 0 Å². The monoisotopic (exact) mass is 272 g/mol. The summed E-state index contributed by atoms with van der Waals surface area (Å²) in [4.78, 5) is 17.2. The van der Waals surface area contributed by atoms with Gasteiger partial charge in [-0.1, -0.05) is 0 Å². The molecule has 0 amide bonds.